The topological polar surface area (TPSA) is 95.9 Å². The fourth-order valence-electron chi connectivity index (χ4n) is 2.22. The first-order valence-corrected chi connectivity index (χ1v) is 6.89. The van der Waals surface area contributed by atoms with Crippen LogP contribution in [0.3, 0.4) is 0 Å². The molecule has 0 aliphatic heterocycles. The quantitative estimate of drug-likeness (QED) is 0.690. The Balaban J connectivity index is 2.04. The molecule has 0 aliphatic rings. The fraction of sp³-hybridized carbons (Fsp3) is 0. The minimum Gasteiger partial charge on any atom is -0.397 e. The highest BCUT2D eigenvalue weighted by molar-refractivity contribution is 5.86. The van der Waals surface area contributed by atoms with Crippen LogP contribution in [0, 0.1) is 0 Å². The van der Waals surface area contributed by atoms with Gasteiger partial charge in [-0.2, -0.15) is 5.10 Å². The smallest absolute Gasteiger partial charge is 0.151 e. The van der Waals surface area contributed by atoms with Gasteiger partial charge in [0.2, 0.25) is 0 Å². The highest BCUT2D eigenvalue weighted by Gasteiger charge is 2.15. The van der Waals surface area contributed by atoms with Gasteiger partial charge in [-0.15, -0.1) is 0 Å². The van der Waals surface area contributed by atoms with Crippen molar-refractivity contribution in [3.63, 3.8) is 0 Å². The van der Waals surface area contributed by atoms with Crippen LogP contribution in [-0.4, -0.2) is 9.78 Å². The number of para-hydroxylation sites is 1. The third kappa shape index (κ3) is 2.52. The number of hydrogen-bond acceptors (Lipinski definition) is 4. The molecule has 0 aliphatic carbocycles. The average Bonchev–Trinajstić information content (AvgIpc) is 2.85. The predicted octanol–water partition coefficient (Wildman–Crippen LogP) is 2.49. The number of nitrogens with zero attached hydrogens (tertiary/aromatic N) is 2. The van der Waals surface area contributed by atoms with Crippen LogP contribution >= 0.6 is 0 Å². The van der Waals surface area contributed by atoms with E-state index in [-0.39, 0.29) is 0 Å². The highest BCUT2D eigenvalue weighted by atomic mass is 15.3. The van der Waals surface area contributed by atoms with Crippen molar-refractivity contribution < 1.29 is 0 Å². The number of nitrogen functional groups attached to an aromatic ring is 2. The number of rotatable bonds is 3. The third-order valence-corrected chi connectivity index (χ3v) is 3.36. The van der Waals surface area contributed by atoms with Crippen molar-refractivity contribution in [1.29, 1.82) is 0 Å². The van der Waals surface area contributed by atoms with Crippen LogP contribution in [0.2, 0.25) is 0 Å². The summed E-state index contributed by atoms with van der Waals surface area (Å²) in [6.07, 6.45) is 1.83. The van der Waals surface area contributed by atoms with Gasteiger partial charge in [-0.05, 0) is 23.8 Å². The minimum atomic E-state index is 0.380. The number of aromatic nitrogens is 2. The van der Waals surface area contributed by atoms with E-state index < -0.39 is 0 Å². The molecule has 0 fully saturated rings. The van der Waals surface area contributed by atoms with Gasteiger partial charge in [-0.25, -0.2) is 4.68 Å². The van der Waals surface area contributed by atoms with Gasteiger partial charge in [-0.3, -0.25) is 0 Å². The molecule has 0 saturated heterocycles. The summed E-state index contributed by atoms with van der Waals surface area (Å²) >= 11 is 0. The maximum Gasteiger partial charge on any atom is 0.151 e. The lowest BCUT2D eigenvalue weighted by Crippen LogP contribution is -2.02. The maximum atomic E-state index is 6.14. The molecule has 5 heteroatoms. The summed E-state index contributed by atoms with van der Waals surface area (Å²) in [7, 11) is 0. The van der Waals surface area contributed by atoms with Crippen molar-refractivity contribution in [1.82, 2.24) is 9.78 Å². The normalized spacial score (nSPS) is 11.5. The van der Waals surface area contributed by atoms with Crippen molar-refractivity contribution >= 4 is 23.3 Å². The van der Waals surface area contributed by atoms with Crippen LogP contribution in [0.1, 0.15) is 11.3 Å². The Bertz CT molecular complexity index is 804. The van der Waals surface area contributed by atoms with Crippen molar-refractivity contribution in [3.05, 3.63) is 71.9 Å². The Labute approximate surface area is 128 Å². The van der Waals surface area contributed by atoms with Gasteiger partial charge in [0.1, 0.15) is 11.4 Å². The van der Waals surface area contributed by atoms with Crippen LogP contribution in [-0.2, 0) is 0 Å². The van der Waals surface area contributed by atoms with Gasteiger partial charge in [0.15, 0.2) is 5.82 Å². The lowest BCUT2D eigenvalue weighted by atomic mass is 10.1. The molecule has 3 rings (SSSR count). The highest BCUT2D eigenvalue weighted by Crippen LogP contribution is 2.27. The zero-order chi connectivity index (χ0) is 15.5. The first-order chi connectivity index (χ1) is 10.7. The minimum absolute atomic E-state index is 0.380. The van der Waals surface area contributed by atoms with Crippen molar-refractivity contribution in [2.75, 3.05) is 11.5 Å². The fourth-order valence-corrected chi connectivity index (χ4v) is 2.22. The van der Waals surface area contributed by atoms with Crippen LogP contribution < -0.4 is 17.2 Å². The molecule has 6 N–H and O–H groups in total. The van der Waals surface area contributed by atoms with Crippen LogP contribution in [0.5, 0.6) is 0 Å². The third-order valence-electron chi connectivity index (χ3n) is 3.36. The molecule has 1 heterocycles. The molecule has 110 valence electrons. The number of anilines is 2. The summed E-state index contributed by atoms with van der Waals surface area (Å²) in [6, 6.07) is 19.3. The summed E-state index contributed by atoms with van der Waals surface area (Å²) < 4.78 is 1.59. The van der Waals surface area contributed by atoms with E-state index in [9.17, 15) is 0 Å². The first kappa shape index (κ1) is 13.8. The monoisotopic (exact) mass is 291 g/mol. The largest absolute Gasteiger partial charge is 0.397 e. The summed E-state index contributed by atoms with van der Waals surface area (Å²) in [6.45, 7) is 0. The van der Waals surface area contributed by atoms with E-state index in [1.54, 1.807) is 4.68 Å². The molecule has 0 radical (unpaired) electrons. The zero-order valence-corrected chi connectivity index (χ0v) is 12.0. The maximum absolute atomic E-state index is 6.14. The van der Waals surface area contributed by atoms with E-state index in [0.717, 1.165) is 11.3 Å². The van der Waals surface area contributed by atoms with E-state index in [1.807, 2.05) is 66.7 Å². The molecular weight excluding hydrogens is 274 g/mol. The van der Waals surface area contributed by atoms with E-state index in [2.05, 4.69) is 5.10 Å². The van der Waals surface area contributed by atoms with E-state index in [1.165, 1.54) is 0 Å². The second kappa shape index (κ2) is 5.65. The Hall–Kier alpha value is -3.21. The van der Waals surface area contributed by atoms with Gasteiger partial charge in [-0.1, -0.05) is 48.5 Å². The molecule has 0 atom stereocenters. The lowest BCUT2D eigenvalue weighted by Gasteiger charge is -2.02. The summed E-state index contributed by atoms with van der Waals surface area (Å²) in [4.78, 5) is 0. The number of benzene rings is 2. The van der Waals surface area contributed by atoms with E-state index in [0.29, 0.717) is 22.9 Å². The van der Waals surface area contributed by atoms with E-state index in [4.69, 9.17) is 17.2 Å². The van der Waals surface area contributed by atoms with Crippen molar-refractivity contribution in [2.45, 2.75) is 0 Å². The molecule has 0 spiro atoms. The summed E-state index contributed by atoms with van der Waals surface area (Å²) in [5.74, 6) is 0.380. The van der Waals surface area contributed by atoms with Crippen molar-refractivity contribution in [2.24, 2.45) is 5.73 Å². The number of hydrogen-bond donors (Lipinski definition) is 3. The Morgan fingerprint density at radius 1 is 0.909 bits per heavy atom. The van der Waals surface area contributed by atoms with E-state index >= 15 is 0 Å². The molecule has 0 amide bonds. The molecule has 1 aromatic heterocycles. The Morgan fingerprint density at radius 3 is 2.14 bits per heavy atom. The molecule has 2 aromatic carbocycles. The number of nitrogens with two attached hydrogens (primary N) is 3. The molecular formula is C17H17N5. The van der Waals surface area contributed by atoms with Gasteiger partial charge in [0, 0.05) is 0 Å². The SMILES string of the molecule is N/C(=C\c1ccccc1)c1nn(-c2ccccc2)c(N)c1N. The molecule has 22 heavy (non-hydrogen) atoms. The predicted molar refractivity (Wildman–Crippen MR) is 90.9 cm³/mol. The Kier molecular flexibility index (Phi) is 3.53. The first-order valence-electron chi connectivity index (χ1n) is 6.89. The molecule has 0 saturated carbocycles. The summed E-state index contributed by atoms with van der Waals surface area (Å²) in [5.41, 5.74) is 21.4. The molecule has 5 nitrogen and oxygen atoms in total. The zero-order valence-electron chi connectivity index (χ0n) is 12.0. The van der Waals surface area contributed by atoms with Crippen LogP contribution in [0.4, 0.5) is 11.5 Å². The van der Waals surface area contributed by atoms with Crippen LogP contribution in [0.15, 0.2) is 60.7 Å². The lowest BCUT2D eigenvalue weighted by molar-refractivity contribution is 0.883. The molecule has 0 unspecified atom stereocenters. The molecule has 0 bridgehead atoms. The average molecular weight is 291 g/mol. The standard InChI is InChI=1S/C17H17N5/c18-14(11-12-7-3-1-4-8-12)16-15(19)17(20)22(21-16)13-9-5-2-6-10-13/h1-11H,18-20H2/b14-11-. The molecule has 3 aromatic rings. The van der Waals surface area contributed by atoms with Gasteiger partial charge >= 0.3 is 0 Å². The second-order valence-corrected chi connectivity index (χ2v) is 4.91. The van der Waals surface area contributed by atoms with Crippen molar-refractivity contribution in [3.8, 4) is 5.69 Å². The van der Waals surface area contributed by atoms with Gasteiger partial charge in [0.05, 0.1) is 11.4 Å². The van der Waals surface area contributed by atoms with Gasteiger partial charge in [0.25, 0.3) is 0 Å². The van der Waals surface area contributed by atoms with Crippen LogP contribution in [0.25, 0.3) is 17.5 Å². The summed E-state index contributed by atoms with van der Waals surface area (Å²) in [5, 5.41) is 4.45. The second-order valence-electron chi connectivity index (χ2n) is 4.91. The Morgan fingerprint density at radius 2 is 1.50 bits per heavy atom. The van der Waals surface area contributed by atoms with Gasteiger partial charge < -0.3 is 17.2 Å².